The molecule has 4 aromatic rings. The molecule has 0 aliphatic carbocycles. The second-order valence-electron chi connectivity index (χ2n) is 9.34. The zero-order chi connectivity index (χ0) is 26.5. The van der Waals surface area contributed by atoms with Crippen LogP contribution in [-0.4, -0.2) is 69.0 Å². The number of nitrogens with zero attached hydrogens (tertiary/aromatic N) is 7. The van der Waals surface area contributed by atoms with Crippen molar-refractivity contribution < 1.29 is 4.74 Å². The fourth-order valence-electron chi connectivity index (χ4n) is 4.45. The van der Waals surface area contributed by atoms with Gasteiger partial charge in [0.25, 0.3) is 5.56 Å². The van der Waals surface area contributed by atoms with Gasteiger partial charge in [0.2, 0.25) is 11.8 Å². The van der Waals surface area contributed by atoms with Gasteiger partial charge in [-0.1, -0.05) is 25.1 Å². The molecule has 5 rings (SSSR count). The number of aromatic nitrogens is 5. The van der Waals surface area contributed by atoms with Crippen LogP contribution in [0.15, 0.2) is 65.6 Å². The molecule has 3 aromatic heterocycles. The Hall–Kier alpha value is -4.18. The summed E-state index contributed by atoms with van der Waals surface area (Å²) in [5, 5.41) is 3.71. The maximum absolute atomic E-state index is 13.3. The van der Waals surface area contributed by atoms with Crippen LogP contribution in [-0.2, 0) is 6.54 Å². The van der Waals surface area contributed by atoms with Crippen molar-refractivity contribution in [1.29, 1.82) is 0 Å². The van der Waals surface area contributed by atoms with E-state index >= 15 is 0 Å². The topological polar surface area (TPSA) is 93.3 Å². The number of ether oxygens (including phenoxy) is 1. The van der Waals surface area contributed by atoms with E-state index in [9.17, 15) is 4.79 Å². The molecule has 0 atom stereocenters. The highest BCUT2D eigenvalue weighted by atomic mass is 16.5. The van der Waals surface area contributed by atoms with Crippen molar-refractivity contribution in [2.75, 3.05) is 50.1 Å². The first kappa shape index (κ1) is 25.5. The first-order valence-electron chi connectivity index (χ1n) is 13.1. The molecule has 1 fully saturated rings. The van der Waals surface area contributed by atoms with Gasteiger partial charge < -0.3 is 19.9 Å². The number of likely N-dealkylation sites (N-methyl/N-ethyl adjacent to an activating group) is 1. The van der Waals surface area contributed by atoms with Crippen LogP contribution in [0.25, 0.3) is 16.9 Å². The largest absolute Gasteiger partial charge is 0.478 e. The Morgan fingerprint density at radius 2 is 1.84 bits per heavy atom. The minimum absolute atomic E-state index is 0.178. The van der Waals surface area contributed by atoms with Crippen LogP contribution in [0.5, 0.6) is 5.88 Å². The number of benzene rings is 1. The Kier molecular flexibility index (Phi) is 7.69. The normalized spacial score (nSPS) is 14.4. The number of hydrogen-bond acceptors (Lipinski definition) is 8. The van der Waals surface area contributed by atoms with Crippen molar-refractivity contribution in [3.63, 3.8) is 0 Å². The molecule has 1 aromatic carbocycles. The number of nitrogens with one attached hydrogen (secondary N) is 1. The van der Waals surface area contributed by atoms with Crippen LogP contribution in [0.2, 0.25) is 0 Å². The van der Waals surface area contributed by atoms with Crippen molar-refractivity contribution in [2.24, 2.45) is 0 Å². The number of anilines is 3. The van der Waals surface area contributed by atoms with Gasteiger partial charge in [-0.2, -0.15) is 9.97 Å². The number of pyridine rings is 1. The molecule has 10 heteroatoms. The minimum atomic E-state index is -0.178. The second-order valence-corrected chi connectivity index (χ2v) is 9.34. The fraction of sp³-hybridized carbons (Fsp3) is 0.357. The summed E-state index contributed by atoms with van der Waals surface area (Å²) >= 11 is 0. The molecule has 0 unspecified atom stereocenters. The maximum Gasteiger partial charge on any atom is 0.278 e. The molecule has 1 saturated heterocycles. The molecule has 1 aliphatic heterocycles. The van der Waals surface area contributed by atoms with E-state index in [0.717, 1.165) is 38.3 Å². The van der Waals surface area contributed by atoms with Gasteiger partial charge in [-0.25, -0.2) is 14.3 Å². The SMILES string of the molecule is C/C=C\Cn1c(=O)c2cnc(Nc3ccc(N4CCN(C)CC4)cc3)nc2n1-c1cccc(OCCC)n1. The third kappa shape index (κ3) is 5.40. The van der Waals surface area contributed by atoms with E-state index in [1.165, 1.54) is 5.69 Å². The lowest BCUT2D eigenvalue weighted by Crippen LogP contribution is -2.44. The predicted molar refractivity (Wildman–Crippen MR) is 151 cm³/mol. The smallest absolute Gasteiger partial charge is 0.278 e. The van der Waals surface area contributed by atoms with Gasteiger partial charge in [0, 0.05) is 49.8 Å². The molecule has 198 valence electrons. The van der Waals surface area contributed by atoms with Crippen LogP contribution in [0.4, 0.5) is 17.3 Å². The molecular formula is C28H34N8O2. The number of piperazine rings is 1. The highest BCUT2D eigenvalue weighted by Crippen LogP contribution is 2.23. The third-order valence-corrected chi connectivity index (χ3v) is 6.56. The van der Waals surface area contributed by atoms with E-state index in [2.05, 4.69) is 44.3 Å². The van der Waals surface area contributed by atoms with Crippen molar-refractivity contribution in [1.82, 2.24) is 29.2 Å². The van der Waals surface area contributed by atoms with Gasteiger partial charge >= 0.3 is 0 Å². The maximum atomic E-state index is 13.3. The molecule has 38 heavy (non-hydrogen) atoms. The van der Waals surface area contributed by atoms with E-state index in [1.54, 1.807) is 15.6 Å². The number of hydrogen-bond donors (Lipinski definition) is 1. The molecule has 4 heterocycles. The highest BCUT2D eigenvalue weighted by molar-refractivity contribution is 5.77. The molecule has 0 spiro atoms. The standard InChI is InChI=1S/C28H34N8O2/c1-4-6-14-35-27(37)23-20-29-28(30-21-10-12-22(13-11-21)34-17-15-33(3)16-18-34)32-26(23)36(35)24-8-7-9-25(31-24)38-19-5-2/h4,6-13,20H,5,14-19H2,1-3H3,(H,29,30,32)/b6-4-. The van der Waals surface area contributed by atoms with Crippen molar-refractivity contribution in [3.05, 3.63) is 71.2 Å². The molecule has 1 aliphatic rings. The summed E-state index contributed by atoms with van der Waals surface area (Å²) in [6.45, 7) is 9.07. The summed E-state index contributed by atoms with van der Waals surface area (Å²) in [7, 11) is 2.16. The zero-order valence-electron chi connectivity index (χ0n) is 22.2. The number of allylic oxidation sites excluding steroid dienone is 2. The summed E-state index contributed by atoms with van der Waals surface area (Å²) in [6.07, 6.45) is 6.28. The molecule has 0 radical (unpaired) electrons. The zero-order valence-corrected chi connectivity index (χ0v) is 22.2. The number of fused-ring (bicyclic) bond motifs is 1. The molecule has 1 N–H and O–H groups in total. The molecule has 0 saturated carbocycles. The van der Waals surface area contributed by atoms with E-state index in [4.69, 9.17) is 9.72 Å². The highest BCUT2D eigenvalue weighted by Gasteiger charge is 2.19. The van der Waals surface area contributed by atoms with Crippen LogP contribution >= 0.6 is 0 Å². The monoisotopic (exact) mass is 514 g/mol. The molecule has 0 bridgehead atoms. The second kappa shape index (κ2) is 11.5. The summed E-state index contributed by atoms with van der Waals surface area (Å²) in [4.78, 5) is 31.9. The fourth-order valence-corrected chi connectivity index (χ4v) is 4.45. The van der Waals surface area contributed by atoms with Crippen LogP contribution < -0.4 is 20.5 Å². The van der Waals surface area contributed by atoms with Crippen LogP contribution in [0.1, 0.15) is 20.3 Å². The van der Waals surface area contributed by atoms with E-state index in [1.807, 2.05) is 56.3 Å². The van der Waals surface area contributed by atoms with E-state index < -0.39 is 0 Å². The summed E-state index contributed by atoms with van der Waals surface area (Å²) in [6, 6.07) is 13.8. The average molecular weight is 515 g/mol. The van der Waals surface area contributed by atoms with E-state index in [-0.39, 0.29) is 5.56 Å². The summed E-state index contributed by atoms with van der Waals surface area (Å²) < 4.78 is 9.09. The quantitative estimate of drug-likeness (QED) is 0.337. The Morgan fingerprint density at radius 3 is 2.58 bits per heavy atom. The first-order valence-corrected chi connectivity index (χ1v) is 13.1. The Balaban J connectivity index is 1.47. The Bertz CT molecular complexity index is 1470. The molecule has 0 amide bonds. The molecule has 10 nitrogen and oxygen atoms in total. The van der Waals surface area contributed by atoms with Crippen molar-refractivity contribution in [3.8, 4) is 11.7 Å². The van der Waals surface area contributed by atoms with Crippen LogP contribution in [0, 0.1) is 0 Å². The minimum Gasteiger partial charge on any atom is -0.478 e. The summed E-state index contributed by atoms with van der Waals surface area (Å²) in [5.74, 6) is 1.46. The Labute approximate surface area is 222 Å². The lowest BCUT2D eigenvalue weighted by molar-refractivity contribution is 0.304. The van der Waals surface area contributed by atoms with Gasteiger partial charge in [-0.15, -0.1) is 0 Å². The van der Waals surface area contributed by atoms with Gasteiger partial charge in [-0.05, 0) is 50.7 Å². The van der Waals surface area contributed by atoms with Gasteiger partial charge in [0.05, 0.1) is 13.2 Å². The van der Waals surface area contributed by atoms with Crippen molar-refractivity contribution >= 4 is 28.4 Å². The summed E-state index contributed by atoms with van der Waals surface area (Å²) in [5.41, 5.74) is 2.37. The molecular weight excluding hydrogens is 480 g/mol. The third-order valence-electron chi connectivity index (χ3n) is 6.56. The van der Waals surface area contributed by atoms with Crippen LogP contribution in [0.3, 0.4) is 0 Å². The van der Waals surface area contributed by atoms with E-state index in [0.29, 0.717) is 41.8 Å². The average Bonchev–Trinajstić information content (AvgIpc) is 3.22. The Morgan fingerprint density at radius 1 is 1.05 bits per heavy atom. The first-order chi connectivity index (χ1) is 18.6. The predicted octanol–water partition coefficient (Wildman–Crippen LogP) is 3.84. The number of rotatable bonds is 9. The van der Waals surface area contributed by atoms with Crippen molar-refractivity contribution in [2.45, 2.75) is 26.8 Å². The van der Waals surface area contributed by atoms with Gasteiger partial charge in [0.1, 0.15) is 5.39 Å². The van der Waals surface area contributed by atoms with Gasteiger partial charge in [0.15, 0.2) is 11.5 Å². The lowest BCUT2D eigenvalue weighted by Gasteiger charge is -2.34. The lowest BCUT2D eigenvalue weighted by atomic mass is 10.2. The van der Waals surface area contributed by atoms with Gasteiger partial charge in [-0.3, -0.25) is 4.79 Å².